The van der Waals surface area contributed by atoms with E-state index >= 15 is 0 Å². The Bertz CT molecular complexity index is 879. The van der Waals surface area contributed by atoms with Gasteiger partial charge in [-0.2, -0.15) is 5.26 Å². The van der Waals surface area contributed by atoms with Crippen LogP contribution >= 0.6 is 28.1 Å². The van der Waals surface area contributed by atoms with Crippen LogP contribution in [0.25, 0.3) is 11.3 Å². The monoisotopic (exact) mass is 365 g/mol. The van der Waals surface area contributed by atoms with Crippen LogP contribution in [0.2, 0.25) is 0 Å². The molecule has 21 heavy (non-hydrogen) atoms. The van der Waals surface area contributed by atoms with Gasteiger partial charge in [-0.15, -0.1) is 0 Å². The molecule has 1 heterocycles. The fourth-order valence-electron chi connectivity index (χ4n) is 1.74. The first-order chi connectivity index (χ1) is 9.92. The van der Waals surface area contributed by atoms with Gasteiger partial charge in [0.1, 0.15) is 17.4 Å². The third-order valence-corrected chi connectivity index (χ3v) is 3.22. The maximum atomic E-state index is 11.8. The Morgan fingerprint density at radius 2 is 2.14 bits per heavy atom. The largest absolute Gasteiger partial charge is 0.426 e. The van der Waals surface area contributed by atoms with Gasteiger partial charge in [-0.25, -0.2) is 0 Å². The maximum Gasteiger partial charge on any atom is 0.308 e. The summed E-state index contributed by atoms with van der Waals surface area (Å²) < 4.78 is 5.86. The van der Waals surface area contributed by atoms with Crippen molar-refractivity contribution < 1.29 is 9.53 Å². The average molecular weight is 366 g/mol. The van der Waals surface area contributed by atoms with Crippen LogP contribution in [0.5, 0.6) is 5.75 Å². The zero-order valence-corrected chi connectivity index (χ0v) is 13.1. The summed E-state index contributed by atoms with van der Waals surface area (Å²) in [5.41, 5.74) is -0.169. The number of aromatic amines is 2. The van der Waals surface area contributed by atoms with Crippen molar-refractivity contribution in [2.24, 2.45) is 0 Å². The number of nitrogens with one attached hydrogen (secondary N) is 2. The first-order valence-electron chi connectivity index (χ1n) is 5.67. The Morgan fingerprint density at radius 1 is 1.43 bits per heavy atom. The molecule has 0 saturated carbocycles. The molecule has 0 aliphatic carbocycles. The number of benzene rings is 1. The van der Waals surface area contributed by atoms with Crippen molar-refractivity contribution in [3.05, 3.63) is 43.4 Å². The molecule has 0 aliphatic rings. The molecule has 0 atom stereocenters. The number of nitriles is 1. The van der Waals surface area contributed by atoms with E-state index in [2.05, 4.69) is 25.9 Å². The average Bonchev–Trinajstić information content (AvgIpc) is 2.39. The van der Waals surface area contributed by atoms with Crippen molar-refractivity contribution in [1.82, 2.24) is 9.97 Å². The third kappa shape index (κ3) is 3.26. The topological polar surface area (TPSA) is 98.7 Å². The highest BCUT2D eigenvalue weighted by atomic mass is 79.9. The van der Waals surface area contributed by atoms with Crippen molar-refractivity contribution in [2.75, 3.05) is 0 Å². The Hall–Kier alpha value is -2.24. The van der Waals surface area contributed by atoms with Crippen LogP contribution in [-0.4, -0.2) is 15.9 Å². The summed E-state index contributed by atoms with van der Waals surface area (Å²) in [4.78, 5) is 28.1. The summed E-state index contributed by atoms with van der Waals surface area (Å²) >= 11 is 8.21. The molecule has 2 aromatic rings. The van der Waals surface area contributed by atoms with E-state index in [4.69, 9.17) is 22.2 Å². The van der Waals surface area contributed by atoms with Gasteiger partial charge in [0.25, 0.3) is 5.56 Å². The second-order valence-electron chi connectivity index (χ2n) is 4.00. The van der Waals surface area contributed by atoms with Crippen LogP contribution in [-0.2, 0) is 4.79 Å². The molecule has 2 rings (SSSR count). The lowest BCUT2D eigenvalue weighted by Gasteiger charge is -2.10. The van der Waals surface area contributed by atoms with Gasteiger partial charge in [0.2, 0.25) is 0 Å². The number of rotatable bonds is 2. The van der Waals surface area contributed by atoms with Gasteiger partial charge in [0.15, 0.2) is 4.77 Å². The van der Waals surface area contributed by atoms with Crippen molar-refractivity contribution in [3.63, 3.8) is 0 Å². The zero-order chi connectivity index (χ0) is 15.6. The van der Waals surface area contributed by atoms with E-state index in [9.17, 15) is 9.59 Å². The zero-order valence-electron chi connectivity index (χ0n) is 10.7. The molecule has 1 aromatic heterocycles. The van der Waals surface area contributed by atoms with E-state index in [0.29, 0.717) is 10.0 Å². The molecule has 0 saturated heterocycles. The van der Waals surface area contributed by atoms with Crippen LogP contribution in [0.15, 0.2) is 27.5 Å². The quantitative estimate of drug-likeness (QED) is 0.484. The van der Waals surface area contributed by atoms with Crippen molar-refractivity contribution in [3.8, 4) is 23.1 Å². The fourth-order valence-corrected chi connectivity index (χ4v) is 2.29. The molecule has 0 fully saturated rings. The Balaban J connectivity index is 2.81. The van der Waals surface area contributed by atoms with Gasteiger partial charge in [0, 0.05) is 17.0 Å². The highest BCUT2D eigenvalue weighted by molar-refractivity contribution is 9.10. The molecular weight excluding hydrogens is 358 g/mol. The number of hydrogen-bond donors (Lipinski definition) is 2. The highest BCUT2D eigenvalue weighted by Gasteiger charge is 2.16. The summed E-state index contributed by atoms with van der Waals surface area (Å²) in [6.45, 7) is 1.26. The van der Waals surface area contributed by atoms with E-state index in [-0.39, 0.29) is 21.8 Å². The number of H-pyrrole nitrogens is 2. The molecule has 0 radical (unpaired) electrons. The lowest BCUT2D eigenvalue weighted by atomic mass is 10.1. The lowest BCUT2D eigenvalue weighted by molar-refractivity contribution is -0.131. The Kier molecular flexibility index (Phi) is 4.35. The summed E-state index contributed by atoms with van der Waals surface area (Å²) in [7, 11) is 0. The summed E-state index contributed by atoms with van der Waals surface area (Å²) in [6, 6.07) is 6.67. The number of nitrogens with zero attached hydrogens (tertiary/aromatic N) is 1. The summed E-state index contributed by atoms with van der Waals surface area (Å²) in [5, 5.41) is 9.15. The molecule has 6 nitrogen and oxygen atoms in total. The minimum atomic E-state index is -0.606. The first kappa shape index (κ1) is 15.2. The smallest absolute Gasteiger partial charge is 0.308 e. The molecule has 8 heteroatoms. The van der Waals surface area contributed by atoms with E-state index < -0.39 is 11.5 Å². The summed E-state index contributed by atoms with van der Waals surface area (Å²) in [5.74, 6) is -0.293. The second-order valence-corrected chi connectivity index (χ2v) is 5.33. The summed E-state index contributed by atoms with van der Waals surface area (Å²) in [6.07, 6.45) is 0. The normalized spacial score (nSPS) is 9.95. The van der Waals surface area contributed by atoms with Crippen molar-refractivity contribution in [1.29, 1.82) is 5.26 Å². The van der Waals surface area contributed by atoms with E-state index in [1.165, 1.54) is 6.92 Å². The molecule has 1 aromatic carbocycles. The van der Waals surface area contributed by atoms with Gasteiger partial charge in [0.05, 0.1) is 5.69 Å². The number of halogens is 1. The number of esters is 1. The number of carbonyl (C=O) groups excluding carboxylic acids is 1. The van der Waals surface area contributed by atoms with Crippen LogP contribution in [0.1, 0.15) is 12.5 Å². The molecule has 0 amide bonds. The predicted octanol–water partition coefficient (Wildman–Crippen LogP) is 2.66. The van der Waals surface area contributed by atoms with Crippen LogP contribution in [0.3, 0.4) is 0 Å². The third-order valence-electron chi connectivity index (χ3n) is 2.52. The number of aromatic nitrogens is 2. The Morgan fingerprint density at radius 3 is 2.76 bits per heavy atom. The number of ether oxygens (including phenoxy) is 1. The van der Waals surface area contributed by atoms with E-state index in [1.54, 1.807) is 18.2 Å². The van der Waals surface area contributed by atoms with Crippen LogP contribution in [0.4, 0.5) is 0 Å². The lowest BCUT2D eigenvalue weighted by Crippen LogP contribution is -2.14. The molecular formula is C13H8BrN3O3S. The van der Waals surface area contributed by atoms with E-state index in [0.717, 1.165) is 0 Å². The number of carbonyl (C=O) groups is 1. The van der Waals surface area contributed by atoms with Crippen molar-refractivity contribution in [2.45, 2.75) is 6.92 Å². The minimum absolute atomic E-state index is 0.0720. The molecule has 0 bridgehead atoms. The maximum absolute atomic E-state index is 11.8. The van der Waals surface area contributed by atoms with Gasteiger partial charge in [-0.3, -0.25) is 14.6 Å². The Labute approximate surface area is 132 Å². The molecule has 106 valence electrons. The molecule has 2 N–H and O–H groups in total. The second kappa shape index (κ2) is 6.03. The first-order valence-corrected chi connectivity index (χ1v) is 6.87. The van der Waals surface area contributed by atoms with Gasteiger partial charge >= 0.3 is 5.97 Å². The standard InChI is InChI=1S/C13H8BrN3O3S/c1-6(18)20-10-3-2-7(14)4-8(10)11-9(5-15)12(19)17-13(21)16-11/h2-4H,1H3,(H2,16,17,19,21). The highest BCUT2D eigenvalue weighted by Crippen LogP contribution is 2.32. The fraction of sp³-hybridized carbons (Fsp3) is 0.0769. The van der Waals surface area contributed by atoms with Crippen LogP contribution in [0, 0.1) is 16.1 Å². The SMILES string of the molecule is CC(=O)Oc1ccc(Br)cc1-c1[nH]c(=S)[nH]c(=O)c1C#N. The van der Waals surface area contributed by atoms with Gasteiger partial charge < -0.3 is 9.72 Å². The minimum Gasteiger partial charge on any atom is -0.426 e. The molecule has 0 unspecified atom stereocenters. The van der Waals surface area contributed by atoms with E-state index in [1.807, 2.05) is 6.07 Å². The van der Waals surface area contributed by atoms with Gasteiger partial charge in [-0.1, -0.05) is 15.9 Å². The predicted molar refractivity (Wildman–Crippen MR) is 81.4 cm³/mol. The van der Waals surface area contributed by atoms with Gasteiger partial charge in [-0.05, 0) is 30.4 Å². The van der Waals surface area contributed by atoms with Crippen molar-refractivity contribution >= 4 is 34.1 Å². The molecule has 0 spiro atoms. The van der Waals surface area contributed by atoms with Crippen LogP contribution < -0.4 is 10.3 Å². The molecule has 0 aliphatic heterocycles. The number of hydrogen-bond acceptors (Lipinski definition) is 5.